The van der Waals surface area contributed by atoms with Crippen molar-refractivity contribution in [2.45, 2.75) is 47.0 Å². The van der Waals surface area contributed by atoms with Crippen LogP contribution in [-0.4, -0.2) is 29.4 Å². The van der Waals surface area contributed by atoms with Crippen molar-refractivity contribution in [2.24, 2.45) is 23.2 Å². The van der Waals surface area contributed by atoms with Crippen molar-refractivity contribution in [2.75, 3.05) is 6.73 Å². The van der Waals surface area contributed by atoms with E-state index in [2.05, 4.69) is 6.08 Å². The van der Waals surface area contributed by atoms with Crippen LogP contribution in [0.25, 0.3) is 0 Å². The number of carbonyl (C=O) groups is 3. The van der Waals surface area contributed by atoms with Gasteiger partial charge >= 0.3 is 5.97 Å². The maximum absolute atomic E-state index is 12.4. The van der Waals surface area contributed by atoms with Gasteiger partial charge in [-0.1, -0.05) is 31.6 Å². The number of fused-ring (bicyclic) bond motifs is 1. The molecule has 3 atom stereocenters. The molecule has 3 unspecified atom stereocenters. The second-order valence-corrected chi connectivity index (χ2v) is 7.88. The summed E-state index contributed by atoms with van der Waals surface area (Å²) in [6, 6.07) is 0. The van der Waals surface area contributed by atoms with Crippen molar-refractivity contribution >= 4 is 17.8 Å². The van der Waals surface area contributed by atoms with Gasteiger partial charge in [0.25, 0.3) is 5.91 Å². The third-order valence-electron chi connectivity index (χ3n) is 5.51. The standard InChI is InChI=1S/C19H25NO4/c1-11(2)9-14-15(19(14,3)4)18(23)24-10-20-16(21)12-7-5-6-8-13(12)17(20)22/h7,9,13-15H,5-6,8,10H2,1-4H3. The predicted octanol–water partition coefficient (Wildman–Crippen LogP) is 2.82. The van der Waals surface area contributed by atoms with E-state index >= 15 is 0 Å². The van der Waals surface area contributed by atoms with Gasteiger partial charge in [-0.3, -0.25) is 14.4 Å². The Bertz CT molecular complexity index is 654. The number of hydrogen-bond donors (Lipinski definition) is 0. The summed E-state index contributed by atoms with van der Waals surface area (Å²) in [5, 5.41) is 0. The molecule has 0 aromatic heterocycles. The minimum atomic E-state index is -0.333. The van der Waals surface area contributed by atoms with E-state index < -0.39 is 0 Å². The van der Waals surface area contributed by atoms with E-state index in [4.69, 9.17) is 4.74 Å². The molecular formula is C19H25NO4. The molecule has 5 nitrogen and oxygen atoms in total. The van der Waals surface area contributed by atoms with Crippen LogP contribution < -0.4 is 0 Å². The zero-order chi connectivity index (χ0) is 17.6. The van der Waals surface area contributed by atoms with Gasteiger partial charge in [0.05, 0.1) is 11.8 Å². The first-order valence-electron chi connectivity index (χ1n) is 8.62. The van der Waals surface area contributed by atoms with Crippen molar-refractivity contribution in [1.82, 2.24) is 4.90 Å². The number of ether oxygens (including phenoxy) is 1. The summed E-state index contributed by atoms with van der Waals surface area (Å²) in [4.78, 5) is 38.1. The van der Waals surface area contributed by atoms with Crippen LogP contribution in [0, 0.1) is 23.2 Å². The molecule has 0 N–H and O–H groups in total. The van der Waals surface area contributed by atoms with Crippen LogP contribution in [0.15, 0.2) is 23.3 Å². The molecule has 5 heteroatoms. The normalized spacial score (nSPS) is 30.6. The highest BCUT2D eigenvalue weighted by Crippen LogP contribution is 2.59. The summed E-state index contributed by atoms with van der Waals surface area (Å²) in [5.74, 6) is -1.23. The Kier molecular flexibility index (Phi) is 4.14. The molecule has 2 amide bonds. The molecule has 1 heterocycles. The monoisotopic (exact) mass is 331 g/mol. The zero-order valence-corrected chi connectivity index (χ0v) is 14.8. The van der Waals surface area contributed by atoms with Crippen molar-refractivity contribution in [3.8, 4) is 0 Å². The molecule has 3 rings (SSSR count). The van der Waals surface area contributed by atoms with Gasteiger partial charge in [-0.05, 0) is 44.4 Å². The van der Waals surface area contributed by atoms with Gasteiger partial charge in [0.2, 0.25) is 5.91 Å². The summed E-state index contributed by atoms with van der Waals surface area (Å²) in [5.41, 5.74) is 1.62. The van der Waals surface area contributed by atoms with Crippen LogP contribution in [-0.2, 0) is 19.1 Å². The molecule has 24 heavy (non-hydrogen) atoms. The van der Waals surface area contributed by atoms with Crippen molar-refractivity contribution < 1.29 is 19.1 Å². The van der Waals surface area contributed by atoms with Crippen molar-refractivity contribution in [3.63, 3.8) is 0 Å². The fourth-order valence-electron chi connectivity index (χ4n) is 3.95. The second kappa shape index (κ2) is 5.87. The third kappa shape index (κ3) is 2.70. The Morgan fingerprint density at radius 2 is 2.08 bits per heavy atom. The van der Waals surface area contributed by atoms with Crippen LogP contribution in [0.5, 0.6) is 0 Å². The van der Waals surface area contributed by atoms with Crippen LogP contribution >= 0.6 is 0 Å². The van der Waals surface area contributed by atoms with E-state index in [1.54, 1.807) is 0 Å². The lowest BCUT2D eigenvalue weighted by atomic mass is 9.90. The number of allylic oxidation sites excluding steroid dienone is 3. The molecule has 2 fully saturated rings. The van der Waals surface area contributed by atoms with E-state index in [9.17, 15) is 14.4 Å². The highest BCUT2D eigenvalue weighted by atomic mass is 16.5. The first kappa shape index (κ1) is 16.9. The third-order valence-corrected chi connectivity index (χ3v) is 5.51. The number of hydrogen-bond acceptors (Lipinski definition) is 4. The molecule has 2 aliphatic carbocycles. The minimum absolute atomic E-state index is 0.135. The number of likely N-dealkylation sites (tertiary alicyclic amines) is 1. The fourth-order valence-corrected chi connectivity index (χ4v) is 3.95. The molecule has 0 aromatic carbocycles. The Hall–Kier alpha value is -1.91. The quantitative estimate of drug-likeness (QED) is 0.451. The minimum Gasteiger partial charge on any atom is -0.443 e. The number of rotatable bonds is 4. The fraction of sp³-hybridized carbons (Fsp3) is 0.632. The van der Waals surface area contributed by atoms with Gasteiger partial charge in [0.15, 0.2) is 6.73 Å². The predicted molar refractivity (Wildman–Crippen MR) is 88.4 cm³/mol. The molecule has 3 aliphatic rings. The first-order chi connectivity index (χ1) is 11.2. The highest BCUT2D eigenvalue weighted by Gasteiger charge is 2.61. The number of imide groups is 1. The van der Waals surface area contributed by atoms with Gasteiger partial charge in [-0.15, -0.1) is 0 Å². The van der Waals surface area contributed by atoms with Gasteiger partial charge in [-0.25, -0.2) is 4.90 Å². The summed E-state index contributed by atoms with van der Waals surface area (Å²) < 4.78 is 5.33. The van der Waals surface area contributed by atoms with E-state index in [1.807, 2.05) is 33.8 Å². The van der Waals surface area contributed by atoms with Gasteiger partial charge in [0, 0.05) is 5.57 Å². The first-order valence-corrected chi connectivity index (χ1v) is 8.62. The summed E-state index contributed by atoms with van der Waals surface area (Å²) >= 11 is 0. The molecule has 0 aromatic rings. The lowest BCUT2D eigenvalue weighted by Gasteiger charge is -2.15. The molecule has 1 saturated carbocycles. The van der Waals surface area contributed by atoms with Gasteiger partial charge in [0.1, 0.15) is 0 Å². The zero-order valence-electron chi connectivity index (χ0n) is 14.8. The average molecular weight is 331 g/mol. The van der Waals surface area contributed by atoms with Gasteiger partial charge < -0.3 is 4.74 Å². The van der Waals surface area contributed by atoms with Crippen LogP contribution in [0.2, 0.25) is 0 Å². The lowest BCUT2D eigenvalue weighted by molar-refractivity contribution is -0.157. The van der Waals surface area contributed by atoms with Crippen LogP contribution in [0.1, 0.15) is 47.0 Å². The van der Waals surface area contributed by atoms with Crippen molar-refractivity contribution in [3.05, 3.63) is 23.3 Å². The number of carbonyl (C=O) groups excluding carboxylic acids is 3. The summed E-state index contributed by atoms with van der Waals surface area (Å²) in [6.45, 7) is 7.82. The highest BCUT2D eigenvalue weighted by molar-refractivity contribution is 6.14. The topological polar surface area (TPSA) is 63.7 Å². The number of amides is 2. The van der Waals surface area contributed by atoms with E-state index in [0.717, 1.165) is 17.7 Å². The Morgan fingerprint density at radius 1 is 1.38 bits per heavy atom. The van der Waals surface area contributed by atoms with Gasteiger partial charge in [-0.2, -0.15) is 0 Å². The molecule has 0 radical (unpaired) electrons. The van der Waals surface area contributed by atoms with Crippen LogP contribution in [0.3, 0.4) is 0 Å². The second-order valence-electron chi connectivity index (χ2n) is 7.88. The maximum atomic E-state index is 12.4. The largest absolute Gasteiger partial charge is 0.443 e. The Balaban J connectivity index is 1.62. The lowest BCUT2D eigenvalue weighted by Crippen LogP contribution is -2.34. The number of nitrogens with zero attached hydrogens (tertiary/aromatic N) is 1. The van der Waals surface area contributed by atoms with Crippen molar-refractivity contribution in [1.29, 1.82) is 0 Å². The van der Waals surface area contributed by atoms with E-state index in [0.29, 0.717) is 12.0 Å². The molecular weight excluding hydrogens is 306 g/mol. The molecule has 1 aliphatic heterocycles. The summed E-state index contributed by atoms with van der Waals surface area (Å²) in [6.07, 6.45) is 6.41. The molecule has 1 saturated heterocycles. The summed E-state index contributed by atoms with van der Waals surface area (Å²) in [7, 11) is 0. The molecule has 0 bridgehead atoms. The Morgan fingerprint density at radius 3 is 2.71 bits per heavy atom. The van der Waals surface area contributed by atoms with E-state index in [1.165, 1.54) is 5.57 Å². The average Bonchev–Trinajstić information content (AvgIpc) is 2.96. The maximum Gasteiger partial charge on any atom is 0.311 e. The van der Waals surface area contributed by atoms with Crippen LogP contribution in [0.4, 0.5) is 0 Å². The molecule has 0 spiro atoms. The van der Waals surface area contributed by atoms with E-state index in [-0.39, 0.29) is 47.7 Å². The smallest absolute Gasteiger partial charge is 0.311 e. The SMILES string of the molecule is CC(C)=CC1C(C(=O)OCN2C(=O)C3=CCCCC3C2=O)C1(C)C. The Labute approximate surface area is 142 Å². The number of esters is 1. The molecule has 130 valence electrons.